The van der Waals surface area contributed by atoms with Gasteiger partial charge in [-0.15, -0.1) is 0 Å². The Morgan fingerprint density at radius 1 is 1.47 bits per heavy atom. The lowest BCUT2D eigenvalue weighted by Crippen LogP contribution is -2.37. The zero-order chi connectivity index (χ0) is 13.8. The van der Waals surface area contributed by atoms with Gasteiger partial charge < -0.3 is 10.5 Å². The molecule has 0 aliphatic carbocycles. The number of benzene rings is 1. The van der Waals surface area contributed by atoms with Gasteiger partial charge in [0.05, 0.1) is 17.4 Å². The second-order valence-corrected chi connectivity index (χ2v) is 5.83. The van der Waals surface area contributed by atoms with Crippen molar-refractivity contribution in [3.8, 4) is 5.75 Å². The van der Waals surface area contributed by atoms with Crippen LogP contribution in [0, 0.1) is 11.3 Å². The monoisotopic (exact) mass is 325 g/mol. The van der Waals surface area contributed by atoms with Crippen LogP contribution in [0.2, 0.25) is 0 Å². The zero-order valence-electron chi connectivity index (χ0n) is 11.2. The molecular formula is C14H20BrN3O. The molecule has 2 rings (SSSR count). The van der Waals surface area contributed by atoms with E-state index in [1.54, 1.807) is 7.11 Å². The molecule has 1 aromatic carbocycles. The third kappa shape index (κ3) is 3.70. The summed E-state index contributed by atoms with van der Waals surface area (Å²) in [6, 6.07) is 6.19. The van der Waals surface area contributed by atoms with E-state index in [1.165, 1.54) is 5.56 Å². The van der Waals surface area contributed by atoms with E-state index in [0.29, 0.717) is 5.84 Å². The molecule has 1 saturated heterocycles. The lowest BCUT2D eigenvalue weighted by Gasteiger charge is -2.31. The quantitative estimate of drug-likeness (QED) is 0.660. The topological polar surface area (TPSA) is 62.3 Å². The van der Waals surface area contributed by atoms with Crippen molar-refractivity contribution >= 4 is 21.8 Å². The van der Waals surface area contributed by atoms with Gasteiger partial charge in [-0.2, -0.15) is 0 Å². The molecule has 3 N–H and O–H groups in total. The fourth-order valence-electron chi connectivity index (χ4n) is 2.47. The summed E-state index contributed by atoms with van der Waals surface area (Å²) < 4.78 is 6.22. The minimum Gasteiger partial charge on any atom is -0.496 e. The van der Waals surface area contributed by atoms with Gasteiger partial charge in [-0.1, -0.05) is 6.07 Å². The van der Waals surface area contributed by atoms with Crippen LogP contribution in [0.25, 0.3) is 0 Å². The lowest BCUT2D eigenvalue weighted by atomic mass is 9.95. The summed E-state index contributed by atoms with van der Waals surface area (Å²) in [7, 11) is 1.67. The Kier molecular flexibility index (Phi) is 4.82. The third-order valence-corrected chi connectivity index (χ3v) is 4.27. The number of nitrogens with zero attached hydrogens (tertiary/aromatic N) is 1. The molecule has 19 heavy (non-hydrogen) atoms. The smallest absolute Gasteiger partial charge is 0.133 e. The van der Waals surface area contributed by atoms with Gasteiger partial charge in [0.15, 0.2) is 0 Å². The van der Waals surface area contributed by atoms with Crippen molar-refractivity contribution in [1.82, 2.24) is 4.90 Å². The molecule has 0 spiro atoms. The number of nitrogens with one attached hydrogen (secondary N) is 1. The second kappa shape index (κ2) is 6.39. The summed E-state index contributed by atoms with van der Waals surface area (Å²) in [5, 5.41) is 7.49. The molecule has 104 valence electrons. The molecule has 0 bridgehead atoms. The third-order valence-electron chi connectivity index (χ3n) is 3.65. The maximum Gasteiger partial charge on any atom is 0.133 e. The number of likely N-dealkylation sites (tertiary alicyclic amines) is 1. The van der Waals surface area contributed by atoms with Gasteiger partial charge >= 0.3 is 0 Å². The highest BCUT2D eigenvalue weighted by atomic mass is 79.9. The largest absolute Gasteiger partial charge is 0.496 e. The molecule has 0 atom stereocenters. The van der Waals surface area contributed by atoms with Crippen molar-refractivity contribution in [1.29, 1.82) is 5.41 Å². The van der Waals surface area contributed by atoms with Crippen molar-refractivity contribution < 1.29 is 4.74 Å². The predicted molar refractivity (Wildman–Crippen MR) is 80.6 cm³/mol. The molecule has 1 aliphatic rings. The normalized spacial score (nSPS) is 17.4. The summed E-state index contributed by atoms with van der Waals surface area (Å²) in [6.45, 7) is 2.95. The summed E-state index contributed by atoms with van der Waals surface area (Å²) in [5.74, 6) is 1.48. The van der Waals surface area contributed by atoms with Gasteiger partial charge in [0, 0.05) is 12.5 Å². The van der Waals surface area contributed by atoms with E-state index in [-0.39, 0.29) is 5.92 Å². The molecule has 0 radical (unpaired) electrons. The first-order valence-electron chi connectivity index (χ1n) is 6.49. The van der Waals surface area contributed by atoms with Crippen molar-refractivity contribution in [2.45, 2.75) is 19.4 Å². The molecule has 5 heteroatoms. The average Bonchev–Trinajstić information content (AvgIpc) is 2.39. The molecule has 1 aromatic rings. The molecule has 0 amide bonds. The number of amidine groups is 1. The number of hydrogen-bond donors (Lipinski definition) is 2. The highest BCUT2D eigenvalue weighted by Crippen LogP contribution is 2.27. The van der Waals surface area contributed by atoms with Crippen LogP contribution in [0.3, 0.4) is 0 Å². The number of methoxy groups -OCH3 is 1. The fraction of sp³-hybridized carbons (Fsp3) is 0.500. The van der Waals surface area contributed by atoms with Crippen LogP contribution in [-0.2, 0) is 6.54 Å². The Balaban J connectivity index is 1.92. The summed E-state index contributed by atoms with van der Waals surface area (Å²) >= 11 is 3.51. The van der Waals surface area contributed by atoms with Gasteiger partial charge in [-0.3, -0.25) is 10.3 Å². The Morgan fingerprint density at radius 2 is 2.16 bits per heavy atom. The highest BCUT2D eigenvalue weighted by Gasteiger charge is 2.21. The standard InChI is InChI=1S/C14H20BrN3O/c1-19-13-3-2-10(8-12(13)15)9-18-6-4-11(5-7-18)14(16)17/h2-3,8,11H,4-7,9H2,1H3,(H3,16,17). The molecule has 4 nitrogen and oxygen atoms in total. The number of halogens is 1. The van der Waals surface area contributed by atoms with Gasteiger partial charge in [-0.05, 0) is 59.6 Å². The molecular weight excluding hydrogens is 306 g/mol. The molecule has 0 aromatic heterocycles. The zero-order valence-corrected chi connectivity index (χ0v) is 12.7. The molecule has 0 unspecified atom stereocenters. The van der Waals surface area contributed by atoms with E-state index < -0.39 is 0 Å². The minimum atomic E-state index is 0.277. The maximum absolute atomic E-state index is 7.49. The molecule has 1 heterocycles. The van der Waals surface area contributed by atoms with Crippen molar-refractivity contribution in [2.24, 2.45) is 11.7 Å². The van der Waals surface area contributed by atoms with E-state index >= 15 is 0 Å². The Morgan fingerprint density at radius 3 is 2.68 bits per heavy atom. The number of ether oxygens (including phenoxy) is 1. The van der Waals surface area contributed by atoms with Gasteiger partial charge in [-0.25, -0.2) is 0 Å². The van der Waals surface area contributed by atoms with Crippen LogP contribution in [0.4, 0.5) is 0 Å². The number of piperidine rings is 1. The first kappa shape index (κ1) is 14.3. The van der Waals surface area contributed by atoms with Crippen LogP contribution < -0.4 is 10.5 Å². The van der Waals surface area contributed by atoms with Crippen molar-refractivity contribution in [3.63, 3.8) is 0 Å². The van der Waals surface area contributed by atoms with Crippen LogP contribution in [0.1, 0.15) is 18.4 Å². The van der Waals surface area contributed by atoms with Crippen LogP contribution >= 0.6 is 15.9 Å². The fourth-order valence-corrected chi connectivity index (χ4v) is 3.06. The van der Waals surface area contributed by atoms with E-state index in [4.69, 9.17) is 15.9 Å². The number of nitrogens with two attached hydrogens (primary N) is 1. The minimum absolute atomic E-state index is 0.277. The highest BCUT2D eigenvalue weighted by molar-refractivity contribution is 9.10. The van der Waals surface area contributed by atoms with E-state index in [2.05, 4.69) is 33.0 Å². The molecule has 1 fully saturated rings. The summed E-state index contributed by atoms with van der Waals surface area (Å²) in [5.41, 5.74) is 6.83. The SMILES string of the molecule is COc1ccc(CN2CCC(C(=N)N)CC2)cc1Br. The van der Waals surface area contributed by atoms with Crippen LogP contribution in [0.15, 0.2) is 22.7 Å². The van der Waals surface area contributed by atoms with Crippen LogP contribution in [0.5, 0.6) is 5.75 Å². The van der Waals surface area contributed by atoms with Gasteiger partial charge in [0.1, 0.15) is 5.75 Å². The Bertz CT molecular complexity index is 456. The first-order chi connectivity index (χ1) is 9.10. The lowest BCUT2D eigenvalue weighted by molar-refractivity contribution is 0.201. The summed E-state index contributed by atoms with van der Waals surface area (Å²) in [4.78, 5) is 2.41. The van der Waals surface area contributed by atoms with Crippen molar-refractivity contribution in [2.75, 3.05) is 20.2 Å². The first-order valence-corrected chi connectivity index (χ1v) is 7.28. The maximum atomic E-state index is 7.49. The van der Waals surface area contributed by atoms with Gasteiger partial charge in [0.25, 0.3) is 0 Å². The number of hydrogen-bond acceptors (Lipinski definition) is 3. The molecule has 1 aliphatic heterocycles. The summed E-state index contributed by atoms with van der Waals surface area (Å²) in [6.07, 6.45) is 1.99. The second-order valence-electron chi connectivity index (χ2n) is 4.97. The Labute approximate surface area is 122 Å². The van der Waals surface area contributed by atoms with E-state index in [0.717, 1.165) is 42.7 Å². The van der Waals surface area contributed by atoms with Crippen LogP contribution in [-0.4, -0.2) is 30.9 Å². The van der Waals surface area contributed by atoms with E-state index in [9.17, 15) is 0 Å². The van der Waals surface area contributed by atoms with E-state index in [1.807, 2.05) is 6.07 Å². The van der Waals surface area contributed by atoms with Crippen molar-refractivity contribution in [3.05, 3.63) is 28.2 Å². The van der Waals surface area contributed by atoms with Gasteiger partial charge in [0.2, 0.25) is 0 Å². The predicted octanol–water partition coefficient (Wildman–Crippen LogP) is 2.61. The Hall–Kier alpha value is -1.07. The molecule has 0 saturated carbocycles. The average molecular weight is 326 g/mol. The number of rotatable bonds is 4.